The molecule has 27 heavy (non-hydrogen) atoms. The Hall–Kier alpha value is -1.57. The van der Waals surface area contributed by atoms with Gasteiger partial charge in [0.25, 0.3) is 0 Å². The van der Waals surface area contributed by atoms with E-state index in [1.54, 1.807) is 0 Å². The Kier molecular flexibility index (Phi) is 8.13. The predicted molar refractivity (Wildman–Crippen MR) is 123 cm³/mol. The summed E-state index contributed by atoms with van der Waals surface area (Å²) in [5.74, 6) is 2.49. The van der Waals surface area contributed by atoms with Crippen molar-refractivity contribution in [2.45, 2.75) is 51.6 Å². The molecule has 1 aromatic heterocycles. The number of hydrogen-bond donors (Lipinski definition) is 2. The lowest BCUT2D eigenvalue weighted by Crippen LogP contribution is -2.48. The molecule has 1 aliphatic carbocycles. The van der Waals surface area contributed by atoms with Gasteiger partial charge >= 0.3 is 0 Å². The summed E-state index contributed by atoms with van der Waals surface area (Å²) in [6.07, 6.45) is 7.69. The van der Waals surface area contributed by atoms with Crippen LogP contribution < -0.4 is 10.6 Å². The van der Waals surface area contributed by atoms with Crippen LogP contribution in [-0.2, 0) is 18.5 Å². The molecule has 1 aromatic carbocycles. The van der Waals surface area contributed by atoms with Crippen LogP contribution in [-0.4, -0.2) is 29.1 Å². The molecule has 1 aliphatic rings. The van der Waals surface area contributed by atoms with Gasteiger partial charge in [-0.3, -0.25) is 4.99 Å². The summed E-state index contributed by atoms with van der Waals surface area (Å²) < 4.78 is 2.21. The molecule has 5 nitrogen and oxygen atoms in total. The van der Waals surface area contributed by atoms with Crippen molar-refractivity contribution < 1.29 is 0 Å². The van der Waals surface area contributed by atoms with E-state index in [9.17, 15) is 0 Å². The maximum absolute atomic E-state index is 4.48. The first-order valence-corrected chi connectivity index (χ1v) is 9.63. The molecule has 0 amide bonds. The number of aliphatic imine (C=N–C) groups is 1. The quantitative estimate of drug-likeness (QED) is 0.358. The standard InChI is InChI=1S/C21H31N5.HI/c1-17(2)15-26-13-12-23-19(26)14-24-20(22-3)25-16-21(10-7-11-21)18-8-5-4-6-9-18;/h4-6,8-9,12-13,17H,7,10-11,14-16H2,1-3H3,(H2,22,24,25);1H. The fraction of sp³-hybridized carbons (Fsp3) is 0.524. The lowest BCUT2D eigenvalue weighted by Gasteiger charge is -2.43. The Labute approximate surface area is 180 Å². The van der Waals surface area contributed by atoms with E-state index in [1.165, 1.54) is 24.8 Å². The van der Waals surface area contributed by atoms with Crippen molar-refractivity contribution in [1.29, 1.82) is 0 Å². The van der Waals surface area contributed by atoms with E-state index in [0.29, 0.717) is 12.5 Å². The molecule has 1 fully saturated rings. The fourth-order valence-corrected chi connectivity index (χ4v) is 3.67. The van der Waals surface area contributed by atoms with Gasteiger partial charge < -0.3 is 15.2 Å². The second kappa shape index (κ2) is 10.1. The zero-order chi connectivity index (χ0) is 18.4. The number of benzene rings is 1. The van der Waals surface area contributed by atoms with Gasteiger partial charge in [0.05, 0.1) is 6.54 Å². The minimum Gasteiger partial charge on any atom is -0.356 e. The van der Waals surface area contributed by atoms with Gasteiger partial charge in [0.2, 0.25) is 0 Å². The van der Waals surface area contributed by atoms with Crippen LogP contribution in [0.2, 0.25) is 0 Å². The number of rotatable bonds is 7. The molecule has 0 saturated heterocycles. The van der Waals surface area contributed by atoms with Crippen LogP contribution in [0.4, 0.5) is 0 Å². The molecule has 0 bridgehead atoms. The molecule has 0 atom stereocenters. The average molecular weight is 481 g/mol. The monoisotopic (exact) mass is 481 g/mol. The van der Waals surface area contributed by atoms with Crippen LogP contribution in [0.5, 0.6) is 0 Å². The summed E-state index contributed by atoms with van der Waals surface area (Å²) in [7, 11) is 1.83. The molecule has 2 aromatic rings. The first-order chi connectivity index (χ1) is 12.6. The number of nitrogens with zero attached hydrogens (tertiary/aromatic N) is 3. The highest BCUT2D eigenvalue weighted by Crippen LogP contribution is 2.43. The van der Waals surface area contributed by atoms with E-state index in [0.717, 1.165) is 24.9 Å². The van der Waals surface area contributed by atoms with E-state index < -0.39 is 0 Å². The minimum atomic E-state index is 0. The molecule has 0 radical (unpaired) electrons. The van der Waals surface area contributed by atoms with Gasteiger partial charge in [-0.15, -0.1) is 24.0 Å². The van der Waals surface area contributed by atoms with Crippen molar-refractivity contribution in [2.24, 2.45) is 10.9 Å². The molecule has 1 saturated carbocycles. The summed E-state index contributed by atoms with van der Waals surface area (Å²) in [6.45, 7) is 7.02. The third-order valence-electron chi connectivity index (χ3n) is 5.29. The van der Waals surface area contributed by atoms with Crippen molar-refractivity contribution in [1.82, 2.24) is 20.2 Å². The summed E-state index contributed by atoms with van der Waals surface area (Å²) in [5.41, 5.74) is 1.68. The van der Waals surface area contributed by atoms with Crippen LogP contribution in [0.3, 0.4) is 0 Å². The van der Waals surface area contributed by atoms with Crippen molar-refractivity contribution in [2.75, 3.05) is 13.6 Å². The highest BCUT2D eigenvalue weighted by Gasteiger charge is 2.38. The van der Waals surface area contributed by atoms with Crippen LogP contribution in [0.25, 0.3) is 0 Å². The largest absolute Gasteiger partial charge is 0.356 e. The molecule has 6 heteroatoms. The lowest BCUT2D eigenvalue weighted by molar-refractivity contribution is 0.244. The number of hydrogen-bond acceptors (Lipinski definition) is 2. The second-order valence-corrected chi connectivity index (χ2v) is 7.67. The van der Waals surface area contributed by atoms with Gasteiger partial charge in [-0.05, 0) is 24.3 Å². The van der Waals surface area contributed by atoms with Gasteiger partial charge in [-0.2, -0.15) is 0 Å². The average Bonchev–Trinajstić information content (AvgIpc) is 3.04. The summed E-state index contributed by atoms with van der Waals surface area (Å²) in [6, 6.07) is 10.9. The molecule has 0 spiro atoms. The summed E-state index contributed by atoms with van der Waals surface area (Å²) in [4.78, 5) is 8.87. The van der Waals surface area contributed by atoms with Crippen LogP contribution >= 0.6 is 24.0 Å². The van der Waals surface area contributed by atoms with Gasteiger partial charge in [0.1, 0.15) is 5.82 Å². The normalized spacial score (nSPS) is 15.8. The number of imidazole rings is 1. The lowest BCUT2D eigenvalue weighted by atomic mass is 9.64. The van der Waals surface area contributed by atoms with Gasteiger partial charge in [0.15, 0.2) is 5.96 Å². The topological polar surface area (TPSA) is 54.2 Å². The number of halogens is 1. The SMILES string of the molecule is CN=C(NCc1nccn1CC(C)C)NCC1(c2ccccc2)CCC1.I. The maximum atomic E-state index is 4.48. The molecule has 1 heterocycles. The van der Waals surface area contributed by atoms with Crippen LogP contribution in [0, 0.1) is 5.92 Å². The third-order valence-corrected chi connectivity index (χ3v) is 5.29. The molecule has 0 unspecified atom stereocenters. The number of nitrogens with one attached hydrogen (secondary N) is 2. The van der Waals surface area contributed by atoms with E-state index in [-0.39, 0.29) is 29.4 Å². The van der Waals surface area contributed by atoms with Crippen molar-refractivity contribution >= 4 is 29.9 Å². The molecule has 3 rings (SSSR count). The first kappa shape index (κ1) is 21.7. The Morgan fingerprint density at radius 1 is 1.22 bits per heavy atom. The van der Waals surface area contributed by atoms with E-state index in [4.69, 9.17) is 0 Å². The van der Waals surface area contributed by atoms with E-state index in [2.05, 4.69) is 69.4 Å². The molecular formula is C21H32IN5. The molecule has 2 N–H and O–H groups in total. The first-order valence-electron chi connectivity index (χ1n) is 9.63. The Morgan fingerprint density at radius 2 is 1.96 bits per heavy atom. The predicted octanol–water partition coefficient (Wildman–Crippen LogP) is 3.94. The van der Waals surface area contributed by atoms with Gasteiger partial charge in [-0.1, -0.05) is 50.6 Å². The Morgan fingerprint density at radius 3 is 2.56 bits per heavy atom. The van der Waals surface area contributed by atoms with Crippen molar-refractivity contribution in [3.8, 4) is 0 Å². The Bertz CT molecular complexity index is 719. The van der Waals surface area contributed by atoms with Gasteiger partial charge in [0, 0.05) is 37.9 Å². The second-order valence-electron chi connectivity index (χ2n) is 7.67. The highest BCUT2D eigenvalue weighted by atomic mass is 127. The maximum Gasteiger partial charge on any atom is 0.191 e. The van der Waals surface area contributed by atoms with Gasteiger partial charge in [-0.25, -0.2) is 4.98 Å². The fourth-order valence-electron chi connectivity index (χ4n) is 3.67. The highest BCUT2D eigenvalue weighted by molar-refractivity contribution is 14.0. The van der Waals surface area contributed by atoms with Crippen LogP contribution in [0.15, 0.2) is 47.7 Å². The zero-order valence-electron chi connectivity index (χ0n) is 16.6. The number of guanidine groups is 1. The van der Waals surface area contributed by atoms with Crippen molar-refractivity contribution in [3.05, 3.63) is 54.1 Å². The summed E-state index contributed by atoms with van der Waals surface area (Å²) in [5, 5.41) is 6.95. The Balaban J connectivity index is 0.00000261. The molecule has 148 valence electrons. The van der Waals surface area contributed by atoms with E-state index >= 15 is 0 Å². The number of aromatic nitrogens is 2. The van der Waals surface area contributed by atoms with Crippen LogP contribution in [0.1, 0.15) is 44.5 Å². The molecular weight excluding hydrogens is 449 g/mol. The molecule has 0 aliphatic heterocycles. The van der Waals surface area contributed by atoms with Crippen molar-refractivity contribution in [3.63, 3.8) is 0 Å². The zero-order valence-corrected chi connectivity index (χ0v) is 18.9. The smallest absolute Gasteiger partial charge is 0.191 e. The third kappa shape index (κ3) is 5.46. The van der Waals surface area contributed by atoms with E-state index in [1.807, 2.05) is 19.4 Å². The minimum absolute atomic E-state index is 0. The summed E-state index contributed by atoms with van der Waals surface area (Å²) >= 11 is 0.